The highest BCUT2D eigenvalue weighted by Gasteiger charge is 2.33. The van der Waals surface area contributed by atoms with Gasteiger partial charge in [-0.2, -0.15) is 10.2 Å². The van der Waals surface area contributed by atoms with E-state index in [9.17, 15) is 4.79 Å². The molecule has 7 nitrogen and oxygen atoms in total. The second-order valence-electron chi connectivity index (χ2n) is 6.96. The molecule has 7 heteroatoms. The molecule has 1 fully saturated rings. The van der Waals surface area contributed by atoms with Crippen molar-refractivity contribution in [3.63, 3.8) is 0 Å². The van der Waals surface area contributed by atoms with E-state index in [2.05, 4.69) is 33.3 Å². The molecule has 0 spiro atoms. The van der Waals surface area contributed by atoms with E-state index in [0.717, 1.165) is 31.7 Å². The first-order chi connectivity index (χ1) is 12.1. The average molecular weight is 344 g/mol. The fourth-order valence-corrected chi connectivity index (χ4v) is 3.91. The van der Waals surface area contributed by atoms with Crippen molar-refractivity contribution in [1.82, 2.24) is 29.8 Å². The number of likely N-dealkylation sites (N-methyl/N-ethyl adjacent to an activating group) is 1. The van der Waals surface area contributed by atoms with Crippen LogP contribution in [-0.2, 0) is 18.3 Å². The van der Waals surface area contributed by atoms with Crippen LogP contribution in [0.3, 0.4) is 0 Å². The number of H-pyrrole nitrogens is 1. The lowest BCUT2D eigenvalue weighted by atomic mass is 9.85. The van der Waals surface area contributed by atoms with Crippen LogP contribution in [0, 0.1) is 5.92 Å². The van der Waals surface area contributed by atoms with E-state index in [-0.39, 0.29) is 5.91 Å². The Morgan fingerprint density at radius 2 is 2.32 bits per heavy atom. The molecule has 0 radical (unpaired) electrons. The van der Waals surface area contributed by atoms with E-state index in [1.54, 1.807) is 6.20 Å². The Hall–Kier alpha value is -2.15. The van der Waals surface area contributed by atoms with Gasteiger partial charge in [0, 0.05) is 50.3 Å². The van der Waals surface area contributed by atoms with E-state index in [0.29, 0.717) is 18.4 Å². The van der Waals surface area contributed by atoms with Crippen LogP contribution in [0.25, 0.3) is 0 Å². The zero-order valence-corrected chi connectivity index (χ0v) is 15.4. The topological polar surface area (TPSA) is 70.1 Å². The number of aromatic amines is 1. The molecule has 136 valence electrons. The smallest absolute Gasteiger partial charge is 0.228 e. The Kier molecular flexibility index (Phi) is 5.53. The number of amides is 1. The van der Waals surface area contributed by atoms with Crippen LogP contribution in [0.5, 0.6) is 0 Å². The summed E-state index contributed by atoms with van der Waals surface area (Å²) in [6.45, 7) is 5.10. The van der Waals surface area contributed by atoms with Crippen LogP contribution in [-0.4, -0.2) is 62.4 Å². The number of carbonyl (C=O) groups excluding carboxylic acids is 1. The second kappa shape index (κ2) is 7.82. The molecule has 1 aliphatic heterocycles. The molecule has 0 aliphatic carbocycles. The van der Waals surface area contributed by atoms with Gasteiger partial charge >= 0.3 is 0 Å². The average Bonchev–Trinajstić information content (AvgIpc) is 3.26. The summed E-state index contributed by atoms with van der Waals surface area (Å²) in [5, 5.41) is 11.1. The molecule has 2 aromatic rings. The number of aryl methyl sites for hydroxylation is 1. The predicted molar refractivity (Wildman–Crippen MR) is 95.8 cm³/mol. The number of nitrogens with one attached hydrogen (secondary N) is 1. The molecule has 2 atom stereocenters. The molecule has 1 aliphatic rings. The maximum Gasteiger partial charge on any atom is 0.228 e. The summed E-state index contributed by atoms with van der Waals surface area (Å²) in [6, 6.07) is 2.18. The molecule has 3 heterocycles. The maximum absolute atomic E-state index is 12.5. The minimum Gasteiger partial charge on any atom is -0.345 e. The predicted octanol–water partition coefficient (Wildman–Crippen LogP) is 1.62. The SMILES string of the molecule is CCN1CCC[C@@H](CN(C)C(=O)Cc2ccn[nH]2)[C@@H]1c1cnn(C)c1. The lowest BCUT2D eigenvalue weighted by Gasteiger charge is -2.42. The molecule has 2 aromatic heterocycles. The zero-order chi connectivity index (χ0) is 17.8. The van der Waals surface area contributed by atoms with Crippen LogP contribution >= 0.6 is 0 Å². The van der Waals surface area contributed by atoms with Crippen LogP contribution in [0.4, 0.5) is 0 Å². The fraction of sp³-hybridized carbons (Fsp3) is 0.611. The molecule has 3 rings (SSSR count). The number of likely N-dealkylation sites (tertiary alicyclic amines) is 1. The van der Waals surface area contributed by atoms with Crippen molar-refractivity contribution in [3.05, 3.63) is 35.9 Å². The third-order valence-corrected chi connectivity index (χ3v) is 5.17. The van der Waals surface area contributed by atoms with Gasteiger partial charge in [0.25, 0.3) is 0 Å². The standard InChI is InChI=1S/C18H28N6O/c1-4-24-9-5-6-14(18(24)15-11-20-23(3)13-15)12-22(2)17(25)10-16-7-8-19-21-16/h7-8,11,13-14,18H,4-6,9-10,12H2,1-3H3,(H,19,21)/t14-,18+/m0/s1. The van der Waals surface area contributed by atoms with Gasteiger partial charge in [-0.25, -0.2) is 0 Å². The van der Waals surface area contributed by atoms with Crippen molar-refractivity contribution in [3.8, 4) is 0 Å². The molecular formula is C18H28N6O. The number of piperidine rings is 1. The van der Waals surface area contributed by atoms with Gasteiger partial charge < -0.3 is 4.90 Å². The summed E-state index contributed by atoms with van der Waals surface area (Å²) in [5.74, 6) is 0.552. The van der Waals surface area contributed by atoms with Crippen LogP contribution in [0.15, 0.2) is 24.7 Å². The molecule has 1 N–H and O–H groups in total. The third kappa shape index (κ3) is 4.10. The van der Waals surface area contributed by atoms with E-state index in [1.165, 1.54) is 12.0 Å². The Labute approximate surface area is 149 Å². The molecule has 0 bridgehead atoms. The maximum atomic E-state index is 12.5. The van der Waals surface area contributed by atoms with Gasteiger partial charge in [-0.3, -0.25) is 19.5 Å². The van der Waals surface area contributed by atoms with Gasteiger partial charge in [0.2, 0.25) is 5.91 Å². The number of rotatable bonds is 6. The number of carbonyl (C=O) groups is 1. The molecule has 1 saturated heterocycles. The highest BCUT2D eigenvalue weighted by Crippen LogP contribution is 2.36. The Morgan fingerprint density at radius 3 is 2.96 bits per heavy atom. The minimum absolute atomic E-state index is 0.128. The molecule has 0 aromatic carbocycles. The Bertz CT molecular complexity index is 680. The van der Waals surface area contributed by atoms with Crippen molar-refractivity contribution in [2.75, 3.05) is 26.7 Å². The van der Waals surface area contributed by atoms with Crippen LogP contribution < -0.4 is 0 Å². The highest BCUT2D eigenvalue weighted by molar-refractivity contribution is 5.78. The van der Waals surface area contributed by atoms with Crippen molar-refractivity contribution >= 4 is 5.91 Å². The highest BCUT2D eigenvalue weighted by atomic mass is 16.2. The molecule has 0 saturated carbocycles. The lowest BCUT2D eigenvalue weighted by Crippen LogP contribution is -2.44. The lowest BCUT2D eigenvalue weighted by molar-refractivity contribution is -0.130. The minimum atomic E-state index is 0.128. The largest absolute Gasteiger partial charge is 0.345 e. The van der Waals surface area contributed by atoms with E-state index >= 15 is 0 Å². The molecule has 0 unspecified atom stereocenters. The van der Waals surface area contributed by atoms with Gasteiger partial charge in [0.1, 0.15) is 0 Å². The van der Waals surface area contributed by atoms with Crippen LogP contribution in [0.2, 0.25) is 0 Å². The summed E-state index contributed by atoms with van der Waals surface area (Å²) >= 11 is 0. The molecular weight excluding hydrogens is 316 g/mol. The van der Waals surface area contributed by atoms with E-state index in [1.807, 2.05) is 35.9 Å². The van der Waals surface area contributed by atoms with Crippen molar-refractivity contribution in [2.45, 2.75) is 32.2 Å². The van der Waals surface area contributed by atoms with Crippen molar-refractivity contribution in [2.24, 2.45) is 13.0 Å². The monoisotopic (exact) mass is 344 g/mol. The number of aromatic nitrogens is 4. The van der Waals surface area contributed by atoms with Gasteiger partial charge in [-0.05, 0) is 37.9 Å². The summed E-state index contributed by atoms with van der Waals surface area (Å²) < 4.78 is 1.86. The van der Waals surface area contributed by atoms with Gasteiger partial charge in [-0.15, -0.1) is 0 Å². The molecule has 25 heavy (non-hydrogen) atoms. The van der Waals surface area contributed by atoms with Crippen LogP contribution in [0.1, 0.15) is 37.1 Å². The first kappa shape index (κ1) is 17.7. The van der Waals surface area contributed by atoms with Gasteiger partial charge in [-0.1, -0.05) is 6.92 Å². The van der Waals surface area contributed by atoms with E-state index < -0.39 is 0 Å². The summed E-state index contributed by atoms with van der Waals surface area (Å²) in [7, 11) is 3.86. The summed E-state index contributed by atoms with van der Waals surface area (Å²) in [5.41, 5.74) is 2.11. The summed E-state index contributed by atoms with van der Waals surface area (Å²) in [6.07, 6.45) is 8.45. The van der Waals surface area contributed by atoms with Crippen molar-refractivity contribution in [1.29, 1.82) is 0 Å². The number of hydrogen-bond donors (Lipinski definition) is 1. The quantitative estimate of drug-likeness (QED) is 0.864. The normalized spacial score (nSPS) is 21.4. The Morgan fingerprint density at radius 1 is 1.48 bits per heavy atom. The fourth-order valence-electron chi connectivity index (χ4n) is 3.91. The van der Waals surface area contributed by atoms with E-state index in [4.69, 9.17) is 0 Å². The second-order valence-corrected chi connectivity index (χ2v) is 6.96. The van der Waals surface area contributed by atoms with Crippen molar-refractivity contribution < 1.29 is 4.79 Å². The number of nitrogens with zero attached hydrogens (tertiary/aromatic N) is 5. The van der Waals surface area contributed by atoms with Gasteiger partial charge in [0.05, 0.1) is 12.6 Å². The molecule has 1 amide bonds. The first-order valence-electron chi connectivity index (χ1n) is 9.03. The Balaban J connectivity index is 1.70. The van der Waals surface area contributed by atoms with Gasteiger partial charge in [0.15, 0.2) is 0 Å². The summed E-state index contributed by atoms with van der Waals surface area (Å²) in [4.78, 5) is 16.9. The first-order valence-corrected chi connectivity index (χ1v) is 9.03. The third-order valence-electron chi connectivity index (χ3n) is 5.17. The number of hydrogen-bond acceptors (Lipinski definition) is 4. The zero-order valence-electron chi connectivity index (χ0n) is 15.4.